The van der Waals surface area contributed by atoms with Crippen molar-refractivity contribution in [3.8, 4) is 0 Å². The van der Waals surface area contributed by atoms with Crippen molar-refractivity contribution >= 4 is 5.57 Å². The molecule has 0 radical (unpaired) electrons. The van der Waals surface area contributed by atoms with Gasteiger partial charge in [0.25, 0.3) is 0 Å². The van der Waals surface area contributed by atoms with Crippen molar-refractivity contribution < 1.29 is 0 Å². The van der Waals surface area contributed by atoms with E-state index in [-0.39, 0.29) is 0 Å². The fraction of sp³-hybridized carbons (Fsp3) is 0.545. The molecule has 0 heterocycles. The van der Waals surface area contributed by atoms with Crippen molar-refractivity contribution in [2.75, 3.05) is 0 Å². The summed E-state index contributed by atoms with van der Waals surface area (Å²) in [6.45, 7) is 4.32. The standard InChI is InChI=1S/C22H30/c1-3-4-18-7-11-20(12-8-18)22-15-13-21(14-16-22)19-9-5-17(2)6-10-19/h3-6,9-10,13,18,20,22H,7-8,11-12,14-16H2,1-2H3. The molecule has 0 aliphatic heterocycles. The van der Waals surface area contributed by atoms with Crippen LogP contribution in [0.4, 0.5) is 0 Å². The highest BCUT2D eigenvalue weighted by molar-refractivity contribution is 5.66. The van der Waals surface area contributed by atoms with Crippen LogP contribution in [0.15, 0.2) is 42.5 Å². The van der Waals surface area contributed by atoms with Crippen LogP contribution in [0.3, 0.4) is 0 Å². The van der Waals surface area contributed by atoms with Crippen LogP contribution in [0.1, 0.15) is 63.0 Å². The fourth-order valence-corrected chi connectivity index (χ4v) is 4.39. The third-order valence-corrected chi connectivity index (χ3v) is 5.82. The topological polar surface area (TPSA) is 0 Å². The van der Waals surface area contributed by atoms with Crippen molar-refractivity contribution in [3.05, 3.63) is 53.6 Å². The Kier molecular flexibility index (Phi) is 5.18. The molecule has 1 atom stereocenters. The number of allylic oxidation sites excluding steroid dienone is 4. The lowest BCUT2D eigenvalue weighted by Crippen LogP contribution is -2.22. The summed E-state index contributed by atoms with van der Waals surface area (Å²) >= 11 is 0. The van der Waals surface area contributed by atoms with Gasteiger partial charge in [-0.1, -0.05) is 48.1 Å². The van der Waals surface area contributed by atoms with E-state index in [1.807, 2.05) is 0 Å². The summed E-state index contributed by atoms with van der Waals surface area (Å²) < 4.78 is 0. The second-order valence-corrected chi connectivity index (χ2v) is 7.33. The van der Waals surface area contributed by atoms with Crippen molar-refractivity contribution in [2.45, 2.75) is 58.8 Å². The molecule has 1 aromatic carbocycles. The van der Waals surface area contributed by atoms with Gasteiger partial charge in [0.2, 0.25) is 0 Å². The summed E-state index contributed by atoms with van der Waals surface area (Å²) in [6, 6.07) is 9.07. The lowest BCUT2D eigenvalue weighted by atomic mass is 9.71. The van der Waals surface area contributed by atoms with Gasteiger partial charge in [-0.25, -0.2) is 0 Å². The molecule has 0 heteroatoms. The zero-order valence-electron chi connectivity index (χ0n) is 14.2. The Bertz CT molecular complexity index is 524. The van der Waals surface area contributed by atoms with Gasteiger partial charge in [-0.15, -0.1) is 0 Å². The number of hydrogen-bond donors (Lipinski definition) is 0. The van der Waals surface area contributed by atoms with Gasteiger partial charge < -0.3 is 0 Å². The number of aryl methyl sites for hydroxylation is 1. The number of rotatable bonds is 3. The number of benzene rings is 1. The molecule has 1 aromatic rings. The molecule has 0 bridgehead atoms. The predicted molar refractivity (Wildman–Crippen MR) is 96.8 cm³/mol. The Morgan fingerprint density at radius 3 is 2.23 bits per heavy atom. The molecule has 1 unspecified atom stereocenters. The van der Waals surface area contributed by atoms with Gasteiger partial charge in [0.1, 0.15) is 0 Å². The van der Waals surface area contributed by atoms with E-state index >= 15 is 0 Å². The molecule has 1 fully saturated rings. The Morgan fingerprint density at radius 1 is 0.909 bits per heavy atom. The van der Waals surface area contributed by atoms with Crippen LogP contribution in [-0.4, -0.2) is 0 Å². The molecule has 3 rings (SSSR count). The summed E-state index contributed by atoms with van der Waals surface area (Å²) in [5.74, 6) is 2.79. The third-order valence-electron chi connectivity index (χ3n) is 5.82. The van der Waals surface area contributed by atoms with Gasteiger partial charge in [-0.2, -0.15) is 0 Å². The average Bonchev–Trinajstić information content (AvgIpc) is 2.57. The number of hydrogen-bond acceptors (Lipinski definition) is 0. The minimum atomic E-state index is 0.864. The van der Waals surface area contributed by atoms with E-state index < -0.39 is 0 Å². The van der Waals surface area contributed by atoms with Gasteiger partial charge >= 0.3 is 0 Å². The third kappa shape index (κ3) is 3.72. The summed E-state index contributed by atoms with van der Waals surface area (Å²) in [7, 11) is 0. The van der Waals surface area contributed by atoms with Gasteiger partial charge in [-0.05, 0) is 87.7 Å². The monoisotopic (exact) mass is 294 g/mol. The Morgan fingerprint density at radius 2 is 1.64 bits per heavy atom. The first-order chi connectivity index (χ1) is 10.8. The van der Waals surface area contributed by atoms with Crippen molar-refractivity contribution in [1.82, 2.24) is 0 Å². The first-order valence-corrected chi connectivity index (χ1v) is 9.15. The van der Waals surface area contributed by atoms with E-state index in [4.69, 9.17) is 0 Å². The second-order valence-electron chi connectivity index (χ2n) is 7.33. The Hall–Kier alpha value is -1.30. The summed E-state index contributed by atoms with van der Waals surface area (Å²) in [4.78, 5) is 0. The molecule has 2 aliphatic carbocycles. The van der Waals surface area contributed by atoms with E-state index in [0.29, 0.717) is 0 Å². The van der Waals surface area contributed by atoms with E-state index in [1.54, 1.807) is 5.57 Å². The smallest absolute Gasteiger partial charge is 0.0228 e. The molecular weight excluding hydrogens is 264 g/mol. The van der Waals surface area contributed by atoms with Crippen LogP contribution in [0.2, 0.25) is 0 Å². The summed E-state index contributed by atoms with van der Waals surface area (Å²) in [6.07, 6.45) is 16.9. The summed E-state index contributed by atoms with van der Waals surface area (Å²) in [5.41, 5.74) is 4.38. The lowest BCUT2D eigenvalue weighted by molar-refractivity contribution is 0.212. The van der Waals surface area contributed by atoms with E-state index in [1.165, 1.54) is 56.1 Å². The van der Waals surface area contributed by atoms with Crippen molar-refractivity contribution in [3.63, 3.8) is 0 Å². The van der Waals surface area contributed by atoms with Gasteiger partial charge in [0, 0.05) is 0 Å². The molecule has 0 N–H and O–H groups in total. The molecule has 22 heavy (non-hydrogen) atoms. The molecule has 0 nitrogen and oxygen atoms in total. The zero-order chi connectivity index (χ0) is 15.4. The van der Waals surface area contributed by atoms with Crippen LogP contribution < -0.4 is 0 Å². The van der Waals surface area contributed by atoms with Crippen LogP contribution >= 0.6 is 0 Å². The molecule has 2 aliphatic rings. The molecule has 0 spiro atoms. The molecule has 0 saturated heterocycles. The maximum Gasteiger partial charge on any atom is -0.0228 e. The van der Waals surface area contributed by atoms with Crippen LogP contribution in [0.5, 0.6) is 0 Å². The van der Waals surface area contributed by atoms with Gasteiger partial charge in [0.05, 0.1) is 0 Å². The molecular formula is C22H30. The lowest BCUT2D eigenvalue weighted by Gasteiger charge is -2.34. The molecule has 118 valence electrons. The van der Waals surface area contributed by atoms with Crippen molar-refractivity contribution in [2.24, 2.45) is 17.8 Å². The largest absolute Gasteiger partial charge is 0.0914 e. The minimum Gasteiger partial charge on any atom is -0.0914 e. The van der Waals surface area contributed by atoms with Gasteiger partial charge in [0.15, 0.2) is 0 Å². The average molecular weight is 294 g/mol. The SMILES string of the molecule is CC=CC1CCC(C2CC=C(c3ccc(C)cc3)CC2)CC1. The van der Waals surface area contributed by atoms with E-state index in [9.17, 15) is 0 Å². The second kappa shape index (κ2) is 7.31. The van der Waals surface area contributed by atoms with Crippen LogP contribution in [0.25, 0.3) is 5.57 Å². The highest BCUT2D eigenvalue weighted by Gasteiger charge is 2.27. The molecule has 1 saturated carbocycles. The maximum atomic E-state index is 2.54. The predicted octanol–water partition coefficient (Wildman–Crippen LogP) is 6.56. The first-order valence-electron chi connectivity index (χ1n) is 9.15. The fourth-order valence-electron chi connectivity index (χ4n) is 4.39. The Balaban J connectivity index is 1.56. The maximum absolute atomic E-state index is 2.54. The normalized spacial score (nSPS) is 29.5. The molecule has 0 aromatic heterocycles. The zero-order valence-corrected chi connectivity index (χ0v) is 14.2. The summed E-state index contributed by atoms with van der Waals surface area (Å²) in [5, 5.41) is 0. The quantitative estimate of drug-likeness (QED) is 0.554. The van der Waals surface area contributed by atoms with E-state index in [0.717, 1.165) is 17.8 Å². The van der Waals surface area contributed by atoms with Gasteiger partial charge in [-0.3, -0.25) is 0 Å². The van der Waals surface area contributed by atoms with E-state index in [2.05, 4.69) is 56.3 Å². The Labute approximate surface area is 136 Å². The first kappa shape index (κ1) is 15.6. The molecule has 0 amide bonds. The van der Waals surface area contributed by atoms with Crippen LogP contribution in [0, 0.1) is 24.7 Å². The highest BCUT2D eigenvalue weighted by Crippen LogP contribution is 2.41. The van der Waals surface area contributed by atoms with Crippen LogP contribution in [-0.2, 0) is 0 Å². The van der Waals surface area contributed by atoms with Crippen molar-refractivity contribution in [1.29, 1.82) is 0 Å². The highest BCUT2D eigenvalue weighted by atomic mass is 14.3. The minimum absolute atomic E-state index is 0.864.